The van der Waals surface area contributed by atoms with E-state index in [4.69, 9.17) is 10.2 Å². The van der Waals surface area contributed by atoms with Gasteiger partial charge in [0.2, 0.25) is 0 Å². The maximum Gasteiger partial charge on any atom is 0.0612 e. The Morgan fingerprint density at radius 1 is 1.50 bits per heavy atom. The topological polar surface area (TPSA) is 40.5 Å². The maximum absolute atomic E-state index is 8.65. The van der Waals surface area contributed by atoms with E-state index in [2.05, 4.69) is 0 Å². The first-order chi connectivity index (χ1) is 3.77. The monoisotopic (exact) mass is 116 g/mol. The molecule has 48 valence electrons. The summed E-state index contributed by atoms with van der Waals surface area (Å²) in [6, 6.07) is 0. The summed E-state index contributed by atoms with van der Waals surface area (Å²) in [7, 11) is 0. The molecule has 0 aromatic rings. The van der Waals surface area contributed by atoms with Crippen LogP contribution in [0.1, 0.15) is 13.3 Å². The van der Waals surface area contributed by atoms with Crippen molar-refractivity contribution in [3.8, 4) is 0 Å². The molecule has 0 aliphatic carbocycles. The van der Waals surface area contributed by atoms with Gasteiger partial charge < -0.3 is 10.2 Å². The van der Waals surface area contributed by atoms with Crippen LogP contribution in [0.25, 0.3) is 0 Å². The second-order valence-corrected chi connectivity index (χ2v) is 1.74. The van der Waals surface area contributed by atoms with E-state index in [1.807, 2.05) is 0 Å². The van der Waals surface area contributed by atoms with Crippen molar-refractivity contribution in [1.82, 2.24) is 0 Å². The maximum atomic E-state index is 8.65. The lowest BCUT2D eigenvalue weighted by Gasteiger charge is -1.94. The van der Waals surface area contributed by atoms with Crippen LogP contribution >= 0.6 is 0 Å². The largest absolute Gasteiger partial charge is 0.393 e. The van der Waals surface area contributed by atoms with Crippen LogP contribution in [0.5, 0.6) is 0 Å². The zero-order chi connectivity index (χ0) is 6.41. The third-order valence-electron chi connectivity index (χ3n) is 0.749. The van der Waals surface area contributed by atoms with E-state index >= 15 is 0 Å². The van der Waals surface area contributed by atoms with Gasteiger partial charge >= 0.3 is 0 Å². The minimum Gasteiger partial charge on any atom is -0.393 e. The van der Waals surface area contributed by atoms with E-state index in [0.717, 1.165) is 0 Å². The van der Waals surface area contributed by atoms with Crippen LogP contribution < -0.4 is 0 Å². The normalized spacial score (nSPS) is 14.9. The lowest BCUT2D eigenvalue weighted by atomic mass is 10.3. The molecule has 2 nitrogen and oxygen atoms in total. The van der Waals surface area contributed by atoms with Crippen molar-refractivity contribution in [1.29, 1.82) is 0 Å². The Hall–Kier alpha value is -0.340. The zero-order valence-electron chi connectivity index (χ0n) is 5.04. The smallest absolute Gasteiger partial charge is 0.0612 e. The molecule has 0 amide bonds. The molecule has 1 unspecified atom stereocenters. The first kappa shape index (κ1) is 7.66. The average molecular weight is 116 g/mol. The second-order valence-electron chi connectivity index (χ2n) is 1.74. The lowest BCUT2D eigenvalue weighted by Crippen LogP contribution is -1.95. The van der Waals surface area contributed by atoms with E-state index in [1.54, 1.807) is 19.1 Å². The minimum absolute atomic E-state index is 0.0622. The summed E-state index contributed by atoms with van der Waals surface area (Å²) in [5, 5.41) is 16.9. The highest BCUT2D eigenvalue weighted by atomic mass is 16.3. The fourth-order valence-corrected chi connectivity index (χ4v) is 0.368. The molecule has 0 fully saturated rings. The van der Waals surface area contributed by atoms with Gasteiger partial charge in [0.1, 0.15) is 0 Å². The zero-order valence-corrected chi connectivity index (χ0v) is 5.04. The summed E-state index contributed by atoms with van der Waals surface area (Å²) in [4.78, 5) is 0. The highest BCUT2D eigenvalue weighted by Gasteiger charge is 1.86. The summed E-state index contributed by atoms with van der Waals surface area (Å²) < 4.78 is 0. The van der Waals surface area contributed by atoms with Crippen molar-refractivity contribution in [2.45, 2.75) is 19.4 Å². The summed E-state index contributed by atoms with van der Waals surface area (Å²) in [6.07, 6.45) is 3.70. The van der Waals surface area contributed by atoms with Crippen LogP contribution in [0.2, 0.25) is 0 Å². The summed E-state index contributed by atoms with van der Waals surface area (Å²) in [5.41, 5.74) is 0. The molecule has 0 spiro atoms. The fraction of sp³-hybridized carbons (Fsp3) is 0.667. The predicted octanol–water partition coefficient (Wildman–Crippen LogP) is 0.306. The van der Waals surface area contributed by atoms with Gasteiger partial charge in [-0.2, -0.15) is 0 Å². The molecule has 0 aliphatic rings. The van der Waals surface area contributed by atoms with E-state index in [9.17, 15) is 0 Å². The Labute approximate surface area is 49.5 Å². The predicted molar refractivity (Wildman–Crippen MR) is 32.5 cm³/mol. The molecular formula is C6H12O2. The Bertz CT molecular complexity index is 66.9. The van der Waals surface area contributed by atoms with Crippen molar-refractivity contribution >= 4 is 0 Å². The lowest BCUT2D eigenvalue weighted by molar-refractivity contribution is 0.198. The van der Waals surface area contributed by atoms with Gasteiger partial charge in [0.05, 0.1) is 12.7 Å². The Morgan fingerprint density at radius 2 is 2.12 bits per heavy atom. The Kier molecular flexibility index (Phi) is 4.61. The van der Waals surface area contributed by atoms with Crippen LogP contribution in [0.3, 0.4) is 0 Å². The second kappa shape index (κ2) is 4.81. The quantitative estimate of drug-likeness (QED) is 0.521. The van der Waals surface area contributed by atoms with E-state index in [-0.39, 0.29) is 12.7 Å². The van der Waals surface area contributed by atoms with E-state index in [1.165, 1.54) is 0 Å². The number of aliphatic hydroxyl groups is 2. The minimum atomic E-state index is -0.294. The fourth-order valence-electron chi connectivity index (χ4n) is 0.368. The number of hydrogen-bond donors (Lipinski definition) is 2. The van der Waals surface area contributed by atoms with Gasteiger partial charge in [0, 0.05) is 0 Å². The number of hydrogen-bond acceptors (Lipinski definition) is 2. The average Bonchev–Trinajstić information content (AvgIpc) is 1.66. The molecule has 8 heavy (non-hydrogen) atoms. The van der Waals surface area contributed by atoms with Gasteiger partial charge in [-0.3, -0.25) is 0 Å². The molecule has 2 N–H and O–H groups in total. The van der Waals surface area contributed by atoms with Crippen molar-refractivity contribution in [3.05, 3.63) is 12.2 Å². The Morgan fingerprint density at radius 3 is 2.50 bits per heavy atom. The highest BCUT2D eigenvalue weighted by Crippen LogP contribution is 1.88. The van der Waals surface area contributed by atoms with Crippen LogP contribution in [0, 0.1) is 0 Å². The molecule has 1 atom stereocenters. The number of aliphatic hydroxyl groups excluding tert-OH is 2. The van der Waals surface area contributed by atoms with Crippen LogP contribution in [0.4, 0.5) is 0 Å². The molecule has 0 heterocycles. The first-order valence-electron chi connectivity index (χ1n) is 2.71. The molecule has 2 heteroatoms. The van der Waals surface area contributed by atoms with Crippen molar-refractivity contribution in [2.24, 2.45) is 0 Å². The standard InChI is InChI=1S/C6H12O2/c1-6(8)4-2-3-5-7/h2-3,6-8H,4-5H2,1H3/b3-2-. The molecule has 0 saturated heterocycles. The summed E-state index contributed by atoms with van der Waals surface area (Å²) in [6.45, 7) is 1.77. The van der Waals surface area contributed by atoms with Gasteiger partial charge in [0.15, 0.2) is 0 Å². The molecule has 0 saturated carbocycles. The summed E-state index contributed by atoms with van der Waals surface area (Å²) >= 11 is 0. The molecule has 0 aromatic carbocycles. The first-order valence-corrected chi connectivity index (χ1v) is 2.71. The summed E-state index contributed by atoms with van der Waals surface area (Å²) in [5.74, 6) is 0. The van der Waals surface area contributed by atoms with Gasteiger partial charge in [-0.05, 0) is 13.3 Å². The molecule has 0 bridgehead atoms. The van der Waals surface area contributed by atoms with Crippen molar-refractivity contribution in [2.75, 3.05) is 6.61 Å². The van der Waals surface area contributed by atoms with Crippen molar-refractivity contribution in [3.63, 3.8) is 0 Å². The molecule has 0 aromatic heterocycles. The van der Waals surface area contributed by atoms with Crippen LogP contribution in [0.15, 0.2) is 12.2 Å². The third-order valence-corrected chi connectivity index (χ3v) is 0.749. The van der Waals surface area contributed by atoms with Crippen molar-refractivity contribution < 1.29 is 10.2 Å². The van der Waals surface area contributed by atoms with Gasteiger partial charge in [0.25, 0.3) is 0 Å². The molecule has 0 aliphatic heterocycles. The van der Waals surface area contributed by atoms with Gasteiger partial charge in [-0.1, -0.05) is 12.2 Å². The van der Waals surface area contributed by atoms with Crippen LogP contribution in [-0.4, -0.2) is 22.9 Å². The van der Waals surface area contributed by atoms with Gasteiger partial charge in [-0.15, -0.1) is 0 Å². The highest BCUT2D eigenvalue weighted by molar-refractivity contribution is 4.81. The Balaban J connectivity index is 3.03. The number of rotatable bonds is 3. The SMILES string of the molecule is CC(O)C/C=C\CO. The third kappa shape index (κ3) is 5.66. The van der Waals surface area contributed by atoms with Gasteiger partial charge in [-0.25, -0.2) is 0 Å². The van der Waals surface area contributed by atoms with Crippen LogP contribution in [-0.2, 0) is 0 Å². The molecule has 0 radical (unpaired) electrons. The van der Waals surface area contributed by atoms with E-state index in [0.29, 0.717) is 6.42 Å². The molecule has 0 rings (SSSR count). The van der Waals surface area contributed by atoms with E-state index < -0.39 is 0 Å². The molecular weight excluding hydrogens is 104 g/mol.